The molecule has 0 aliphatic rings. The molecule has 0 spiro atoms. The summed E-state index contributed by atoms with van der Waals surface area (Å²) in [7, 11) is 1.43. The molecule has 1 unspecified atom stereocenters. The maximum absolute atomic E-state index is 12.3. The number of rotatable bonds is 6. The van der Waals surface area contributed by atoms with Crippen LogP contribution in [0.5, 0.6) is 5.75 Å². The number of ether oxygens (including phenoxy) is 1. The Morgan fingerprint density at radius 2 is 1.86 bits per heavy atom. The normalized spacial score (nSPS) is 12.6. The average Bonchev–Trinajstić information content (AvgIpc) is 2.42. The van der Waals surface area contributed by atoms with Gasteiger partial charge in [0, 0.05) is 6.42 Å². The van der Waals surface area contributed by atoms with Crippen molar-refractivity contribution in [3.8, 4) is 5.75 Å². The molecule has 0 aromatic heterocycles. The van der Waals surface area contributed by atoms with Gasteiger partial charge in [-0.25, -0.2) is 0 Å². The third kappa shape index (κ3) is 5.33. The van der Waals surface area contributed by atoms with Crippen molar-refractivity contribution in [1.82, 2.24) is 5.32 Å². The van der Waals surface area contributed by atoms with E-state index in [1.54, 1.807) is 5.32 Å². The van der Waals surface area contributed by atoms with Gasteiger partial charge in [-0.1, -0.05) is 12.1 Å². The number of amides is 1. The van der Waals surface area contributed by atoms with Crippen LogP contribution in [-0.4, -0.2) is 30.3 Å². The number of carboxylic acids is 1. The van der Waals surface area contributed by atoms with Gasteiger partial charge >= 0.3 is 18.1 Å². The van der Waals surface area contributed by atoms with Gasteiger partial charge in [0.1, 0.15) is 5.75 Å². The fraction of sp³-hybridized carbons (Fsp3) is 0.385. The molecule has 1 rings (SSSR count). The maximum Gasteiger partial charge on any atom is 0.471 e. The van der Waals surface area contributed by atoms with Gasteiger partial charge in [0.25, 0.3) is 0 Å². The van der Waals surface area contributed by atoms with Crippen LogP contribution in [0.2, 0.25) is 0 Å². The summed E-state index contributed by atoms with van der Waals surface area (Å²) >= 11 is 0. The molecule has 0 saturated heterocycles. The van der Waals surface area contributed by atoms with Crippen LogP contribution >= 0.6 is 0 Å². The third-order valence-corrected chi connectivity index (χ3v) is 2.73. The molecule has 21 heavy (non-hydrogen) atoms. The molecule has 0 saturated carbocycles. The highest BCUT2D eigenvalue weighted by Crippen LogP contribution is 2.24. The molecule has 1 aromatic carbocycles. The SMILES string of the molecule is COc1ccc(C(CCC(=O)O)NC(=O)C(F)(F)F)cc1. The van der Waals surface area contributed by atoms with E-state index in [4.69, 9.17) is 9.84 Å². The van der Waals surface area contributed by atoms with Crippen molar-refractivity contribution in [3.63, 3.8) is 0 Å². The third-order valence-electron chi connectivity index (χ3n) is 2.73. The van der Waals surface area contributed by atoms with Gasteiger partial charge < -0.3 is 15.2 Å². The van der Waals surface area contributed by atoms with Crippen molar-refractivity contribution in [2.24, 2.45) is 0 Å². The van der Waals surface area contributed by atoms with Crippen molar-refractivity contribution in [3.05, 3.63) is 29.8 Å². The molecular weight excluding hydrogens is 291 g/mol. The first-order valence-electron chi connectivity index (χ1n) is 5.97. The number of nitrogens with one attached hydrogen (secondary N) is 1. The molecule has 0 fully saturated rings. The Labute approximate surface area is 118 Å². The summed E-state index contributed by atoms with van der Waals surface area (Å²) in [6.07, 6.45) is -5.54. The van der Waals surface area contributed by atoms with Crippen molar-refractivity contribution in [1.29, 1.82) is 0 Å². The number of carbonyl (C=O) groups excluding carboxylic acids is 1. The molecule has 5 nitrogen and oxygen atoms in total. The fourth-order valence-corrected chi connectivity index (χ4v) is 1.67. The highest BCUT2D eigenvalue weighted by Gasteiger charge is 2.39. The Hall–Kier alpha value is -2.25. The van der Waals surface area contributed by atoms with Crippen molar-refractivity contribution in [2.45, 2.75) is 25.1 Å². The summed E-state index contributed by atoms with van der Waals surface area (Å²) in [5.41, 5.74) is 0.370. The molecule has 1 aromatic rings. The van der Waals surface area contributed by atoms with Crippen LogP contribution in [0.15, 0.2) is 24.3 Å². The average molecular weight is 305 g/mol. The van der Waals surface area contributed by atoms with E-state index in [0.29, 0.717) is 11.3 Å². The maximum atomic E-state index is 12.3. The van der Waals surface area contributed by atoms with Crippen LogP contribution in [-0.2, 0) is 9.59 Å². The predicted octanol–water partition coefficient (Wildman–Crippen LogP) is 2.28. The van der Waals surface area contributed by atoms with Gasteiger partial charge in [0.2, 0.25) is 0 Å². The number of alkyl halides is 3. The first kappa shape index (κ1) is 16.8. The van der Waals surface area contributed by atoms with E-state index in [2.05, 4.69) is 0 Å². The van der Waals surface area contributed by atoms with Gasteiger partial charge in [-0.3, -0.25) is 9.59 Å². The van der Waals surface area contributed by atoms with Gasteiger partial charge in [0.15, 0.2) is 0 Å². The van der Waals surface area contributed by atoms with Crippen LogP contribution in [0.25, 0.3) is 0 Å². The van der Waals surface area contributed by atoms with Crippen molar-refractivity contribution < 1.29 is 32.6 Å². The summed E-state index contributed by atoms with van der Waals surface area (Å²) in [6, 6.07) is 4.94. The molecule has 0 heterocycles. The molecule has 2 N–H and O–H groups in total. The standard InChI is InChI=1S/C13H14F3NO4/c1-21-9-4-2-8(3-5-9)10(6-7-11(18)19)17-12(20)13(14,15)16/h2-5,10H,6-7H2,1H3,(H,17,20)(H,18,19). The van der Waals surface area contributed by atoms with Crippen LogP contribution in [0.3, 0.4) is 0 Å². The molecule has 0 radical (unpaired) electrons. The van der Waals surface area contributed by atoms with Crippen LogP contribution in [0, 0.1) is 0 Å². The second kappa shape index (κ2) is 6.96. The lowest BCUT2D eigenvalue weighted by atomic mass is 10.0. The lowest BCUT2D eigenvalue weighted by molar-refractivity contribution is -0.174. The van der Waals surface area contributed by atoms with Gasteiger partial charge in [0.05, 0.1) is 13.2 Å². The Balaban J connectivity index is 2.89. The fourth-order valence-electron chi connectivity index (χ4n) is 1.67. The van der Waals surface area contributed by atoms with Crippen LogP contribution in [0.1, 0.15) is 24.4 Å². The summed E-state index contributed by atoms with van der Waals surface area (Å²) in [4.78, 5) is 21.6. The summed E-state index contributed by atoms with van der Waals surface area (Å²) in [5, 5.41) is 10.4. The Morgan fingerprint density at radius 3 is 2.29 bits per heavy atom. The molecule has 0 aliphatic carbocycles. The van der Waals surface area contributed by atoms with E-state index < -0.39 is 24.1 Å². The number of carboxylic acid groups (broad SMARTS) is 1. The Kier molecular flexibility index (Phi) is 5.57. The summed E-state index contributed by atoms with van der Waals surface area (Å²) < 4.78 is 41.8. The topological polar surface area (TPSA) is 75.6 Å². The number of halogens is 3. The smallest absolute Gasteiger partial charge is 0.471 e. The zero-order valence-electron chi connectivity index (χ0n) is 11.1. The minimum Gasteiger partial charge on any atom is -0.497 e. The van der Waals surface area contributed by atoms with Gasteiger partial charge in [-0.05, 0) is 24.1 Å². The number of benzene rings is 1. The summed E-state index contributed by atoms with van der Waals surface area (Å²) in [5.74, 6) is -2.76. The highest BCUT2D eigenvalue weighted by atomic mass is 19.4. The van der Waals surface area contributed by atoms with E-state index in [0.717, 1.165) is 0 Å². The number of methoxy groups -OCH3 is 1. The molecular formula is C13H14F3NO4. The first-order valence-corrected chi connectivity index (χ1v) is 5.97. The second-order valence-corrected chi connectivity index (χ2v) is 4.23. The number of carbonyl (C=O) groups is 2. The molecule has 0 aliphatic heterocycles. The number of hydrogen-bond donors (Lipinski definition) is 2. The van der Waals surface area contributed by atoms with E-state index in [-0.39, 0.29) is 12.8 Å². The zero-order chi connectivity index (χ0) is 16.0. The number of aliphatic carboxylic acids is 1. The summed E-state index contributed by atoms with van der Waals surface area (Å²) in [6.45, 7) is 0. The van der Waals surface area contributed by atoms with Gasteiger partial charge in [-0.15, -0.1) is 0 Å². The lowest BCUT2D eigenvalue weighted by Gasteiger charge is -2.19. The van der Waals surface area contributed by atoms with Crippen LogP contribution < -0.4 is 10.1 Å². The van der Waals surface area contributed by atoms with Crippen molar-refractivity contribution >= 4 is 11.9 Å². The first-order chi connectivity index (χ1) is 9.74. The minimum atomic E-state index is -5.02. The Bertz CT molecular complexity index is 499. The minimum absolute atomic E-state index is 0.149. The largest absolute Gasteiger partial charge is 0.497 e. The monoisotopic (exact) mass is 305 g/mol. The highest BCUT2D eigenvalue weighted by molar-refractivity contribution is 5.82. The lowest BCUT2D eigenvalue weighted by Crippen LogP contribution is -2.39. The van der Waals surface area contributed by atoms with Gasteiger partial charge in [-0.2, -0.15) is 13.2 Å². The van der Waals surface area contributed by atoms with E-state index in [1.807, 2.05) is 0 Å². The van der Waals surface area contributed by atoms with Crippen molar-refractivity contribution in [2.75, 3.05) is 7.11 Å². The van der Waals surface area contributed by atoms with E-state index in [9.17, 15) is 22.8 Å². The number of hydrogen-bond acceptors (Lipinski definition) is 3. The van der Waals surface area contributed by atoms with Crippen LogP contribution in [0.4, 0.5) is 13.2 Å². The predicted molar refractivity (Wildman–Crippen MR) is 66.8 cm³/mol. The van der Waals surface area contributed by atoms with E-state index in [1.165, 1.54) is 31.4 Å². The molecule has 116 valence electrons. The molecule has 1 atom stereocenters. The Morgan fingerprint density at radius 1 is 1.29 bits per heavy atom. The molecule has 8 heteroatoms. The zero-order valence-corrected chi connectivity index (χ0v) is 11.1. The molecule has 1 amide bonds. The molecule has 0 bridgehead atoms. The second-order valence-electron chi connectivity index (χ2n) is 4.23. The van der Waals surface area contributed by atoms with E-state index >= 15 is 0 Å². The quantitative estimate of drug-likeness (QED) is 0.845.